The molecule has 1 atom stereocenters. The fourth-order valence-corrected chi connectivity index (χ4v) is 3.17. The minimum Gasteiger partial charge on any atom is -0.339 e. The normalized spacial score (nSPS) is 17.9. The van der Waals surface area contributed by atoms with Crippen LogP contribution in [0.1, 0.15) is 31.6 Å². The van der Waals surface area contributed by atoms with Crippen molar-refractivity contribution in [1.82, 2.24) is 24.0 Å². The van der Waals surface area contributed by atoms with Crippen molar-refractivity contribution in [2.45, 2.75) is 38.8 Å². The highest BCUT2D eigenvalue weighted by Gasteiger charge is 2.25. The molecule has 3 rings (SSSR count). The third kappa shape index (κ3) is 3.32. The molecule has 1 N–H and O–H groups in total. The van der Waals surface area contributed by atoms with Crippen molar-refractivity contribution in [2.24, 2.45) is 0 Å². The largest absolute Gasteiger partial charge is 0.339 e. The van der Waals surface area contributed by atoms with Gasteiger partial charge >= 0.3 is 5.69 Å². The van der Waals surface area contributed by atoms with Crippen molar-refractivity contribution >= 4 is 5.91 Å². The summed E-state index contributed by atoms with van der Waals surface area (Å²) in [7, 11) is 0. The molecule has 0 unspecified atom stereocenters. The summed E-state index contributed by atoms with van der Waals surface area (Å²) in [6, 6.07) is 1.46. The quantitative estimate of drug-likeness (QED) is 0.863. The van der Waals surface area contributed by atoms with Gasteiger partial charge in [0, 0.05) is 44.2 Å². The van der Waals surface area contributed by atoms with Crippen LogP contribution in [0.25, 0.3) is 0 Å². The van der Waals surface area contributed by atoms with Crippen molar-refractivity contribution < 1.29 is 4.79 Å². The van der Waals surface area contributed by atoms with Crippen LogP contribution >= 0.6 is 0 Å². The lowest BCUT2D eigenvalue weighted by atomic mass is 10.1. The molecular formula is C16H21N5O3. The number of nitrogens with zero attached hydrogens (tertiary/aromatic N) is 4. The molecule has 1 aliphatic heterocycles. The highest BCUT2D eigenvalue weighted by atomic mass is 16.2. The van der Waals surface area contributed by atoms with E-state index in [0.717, 1.165) is 25.1 Å². The second-order valence-corrected chi connectivity index (χ2v) is 5.98. The molecule has 1 saturated heterocycles. The molecule has 2 aromatic heterocycles. The van der Waals surface area contributed by atoms with Crippen LogP contribution in [0.2, 0.25) is 0 Å². The first-order valence-electron chi connectivity index (χ1n) is 8.17. The fraction of sp³-hybridized carbons (Fsp3) is 0.500. The average Bonchev–Trinajstić information content (AvgIpc) is 3.06. The smallest absolute Gasteiger partial charge is 0.328 e. The minimum absolute atomic E-state index is 0.0626. The van der Waals surface area contributed by atoms with E-state index in [4.69, 9.17) is 0 Å². The zero-order valence-corrected chi connectivity index (χ0v) is 13.6. The predicted octanol–water partition coefficient (Wildman–Crippen LogP) is 0.159. The molecule has 2 aromatic rings. The number of carbonyl (C=O) groups is 1. The van der Waals surface area contributed by atoms with Gasteiger partial charge in [0.25, 0.3) is 5.56 Å². The Kier molecular flexibility index (Phi) is 4.64. The molecule has 3 heterocycles. The van der Waals surface area contributed by atoms with E-state index >= 15 is 0 Å². The van der Waals surface area contributed by atoms with E-state index in [-0.39, 0.29) is 18.5 Å². The molecule has 8 nitrogen and oxygen atoms in total. The minimum atomic E-state index is -0.563. The van der Waals surface area contributed by atoms with Gasteiger partial charge in [-0.1, -0.05) is 6.92 Å². The van der Waals surface area contributed by atoms with E-state index in [9.17, 15) is 14.4 Å². The van der Waals surface area contributed by atoms with Crippen LogP contribution in [-0.4, -0.2) is 43.0 Å². The highest BCUT2D eigenvalue weighted by Crippen LogP contribution is 2.23. The van der Waals surface area contributed by atoms with Crippen LogP contribution in [0.4, 0.5) is 0 Å². The van der Waals surface area contributed by atoms with Crippen LogP contribution in [0.15, 0.2) is 34.2 Å². The lowest BCUT2D eigenvalue weighted by Gasteiger charge is -2.34. The van der Waals surface area contributed by atoms with Crippen LogP contribution < -0.4 is 11.2 Å². The van der Waals surface area contributed by atoms with Crippen LogP contribution in [-0.2, 0) is 17.8 Å². The van der Waals surface area contributed by atoms with E-state index in [0.29, 0.717) is 13.1 Å². The summed E-state index contributed by atoms with van der Waals surface area (Å²) in [5, 5.41) is 0. The molecular weight excluding hydrogens is 310 g/mol. The molecule has 0 aliphatic carbocycles. The molecule has 0 radical (unpaired) electrons. The van der Waals surface area contributed by atoms with Gasteiger partial charge in [0.15, 0.2) is 0 Å². The fourth-order valence-electron chi connectivity index (χ4n) is 3.17. The number of amides is 1. The van der Waals surface area contributed by atoms with E-state index in [1.165, 1.54) is 16.8 Å². The van der Waals surface area contributed by atoms with Crippen molar-refractivity contribution in [3.05, 3.63) is 51.3 Å². The highest BCUT2D eigenvalue weighted by molar-refractivity contribution is 5.76. The average molecular weight is 331 g/mol. The Hall–Kier alpha value is -2.64. The molecule has 1 amide bonds. The summed E-state index contributed by atoms with van der Waals surface area (Å²) >= 11 is 0. The number of H-pyrrole nitrogens is 1. The Bertz CT molecular complexity index is 834. The van der Waals surface area contributed by atoms with Crippen molar-refractivity contribution in [1.29, 1.82) is 0 Å². The van der Waals surface area contributed by atoms with Gasteiger partial charge in [-0.2, -0.15) is 0 Å². The van der Waals surface area contributed by atoms with Crippen LogP contribution in [0.3, 0.4) is 0 Å². The van der Waals surface area contributed by atoms with E-state index in [2.05, 4.69) is 21.5 Å². The standard InChI is InChI=1S/C16H21N5O3/c1-2-13-17-6-9-21(13)12-4-3-7-19(10-12)15(23)11-20-8-5-14(22)18-16(20)24/h5-6,8-9,12H,2-4,7,10-11H2,1H3,(H,18,22,24)/t12-/m0/s1. The second-order valence-electron chi connectivity index (χ2n) is 5.98. The number of piperidine rings is 1. The summed E-state index contributed by atoms with van der Waals surface area (Å²) in [5.41, 5.74) is -1.03. The third-order valence-electron chi connectivity index (χ3n) is 4.41. The van der Waals surface area contributed by atoms with Gasteiger partial charge in [0.05, 0.1) is 6.04 Å². The molecule has 0 saturated carbocycles. The monoisotopic (exact) mass is 331 g/mol. The number of imidazole rings is 1. The molecule has 1 aliphatic rings. The topological polar surface area (TPSA) is 93.0 Å². The Morgan fingerprint density at radius 2 is 2.21 bits per heavy atom. The number of likely N-dealkylation sites (tertiary alicyclic amines) is 1. The number of hydrogen-bond donors (Lipinski definition) is 1. The molecule has 0 spiro atoms. The molecule has 0 aromatic carbocycles. The first-order valence-corrected chi connectivity index (χ1v) is 8.17. The lowest BCUT2D eigenvalue weighted by Crippen LogP contribution is -2.44. The van der Waals surface area contributed by atoms with Gasteiger partial charge in [-0.3, -0.25) is 19.1 Å². The summed E-state index contributed by atoms with van der Waals surface area (Å²) < 4.78 is 3.37. The van der Waals surface area contributed by atoms with E-state index in [1.54, 1.807) is 11.1 Å². The Morgan fingerprint density at radius 1 is 1.38 bits per heavy atom. The Morgan fingerprint density at radius 3 is 2.96 bits per heavy atom. The number of rotatable bonds is 4. The Balaban J connectivity index is 1.71. The number of aromatic amines is 1. The van der Waals surface area contributed by atoms with E-state index in [1.807, 2.05) is 6.20 Å². The molecule has 8 heteroatoms. The number of nitrogens with one attached hydrogen (secondary N) is 1. The zero-order chi connectivity index (χ0) is 17.1. The number of aromatic nitrogens is 4. The lowest BCUT2D eigenvalue weighted by molar-refractivity contribution is -0.133. The second kappa shape index (κ2) is 6.86. The molecule has 0 bridgehead atoms. The summed E-state index contributed by atoms with van der Waals surface area (Å²) in [6.07, 6.45) is 7.88. The van der Waals surface area contributed by atoms with Gasteiger partial charge in [0.2, 0.25) is 5.91 Å². The van der Waals surface area contributed by atoms with Crippen molar-refractivity contribution in [3.63, 3.8) is 0 Å². The molecule has 1 fully saturated rings. The summed E-state index contributed by atoms with van der Waals surface area (Å²) in [4.78, 5) is 43.6. The maximum Gasteiger partial charge on any atom is 0.328 e. The molecule has 128 valence electrons. The van der Waals surface area contributed by atoms with Gasteiger partial charge in [-0.15, -0.1) is 0 Å². The Labute approximate surface area is 138 Å². The van der Waals surface area contributed by atoms with Crippen LogP contribution in [0.5, 0.6) is 0 Å². The number of carbonyl (C=O) groups excluding carboxylic acids is 1. The predicted molar refractivity (Wildman–Crippen MR) is 87.8 cm³/mol. The van der Waals surface area contributed by atoms with Gasteiger partial charge in [0.1, 0.15) is 12.4 Å². The summed E-state index contributed by atoms with van der Waals surface area (Å²) in [6.45, 7) is 3.30. The van der Waals surface area contributed by atoms with Crippen molar-refractivity contribution in [3.8, 4) is 0 Å². The van der Waals surface area contributed by atoms with Gasteiger partial charge < -0.3 is 9.47 Å². The van der Waals surface area contributed by atoms with Gasteiger partial charge in [-0.25, -0.2) is 9.78 Å². The third-order valence-corrected chi connectivity index (χ3v) is 4.41. The maximum atomic E-state index is 12.5. The number of aryl methyl sites for hydroxylation is 1. The maximum absolute atomic E-state index is 12.5. The van der Waals surface area contributed by atoms with Crippen molar-refractivity contribution in [2.75, 3.05) is 13.1 Å². The zero-order valence-electron chi connectivity index (χ0n) is 13.6. The number of hydrogen-bond acceptors (Lipinski definition) is 4. The summed E-state index contributed by atoms with van der Waals surface area (Å²) in [5.74, 6) is 0.901. The van der Waals surface area contributed by atoms with Gasteiger partial charge in [-0.05, 0) is 12.8 Å². The SMILES string of the molecule is CCc1nccn1[C@H]1CCCN(C(=O)Cn2ccc(=O)[nH]c2=O)C1. The first-order chi connectivity index (χ1) is 11.6. The van der Waals surface area contributed by atoms with E-state index < -0.39 is 11.2 Å². The van der Waals surface area contributed by atoms with Crippen LogP contribution in [0, 0.1) is 0 Å². The first kappa shape index (κ1) is 16.2. The molecule has 24 heavy (non-hydrogen) atoms.